The Kier molecular flexibility index (Phi) is 18.1. The lowest BCUT2D eigenvalue weighted by atomic mass is 9.87. The van der Waals surface area contributed by atoms with E-state index in [1.165, 1.54) is 30.1 Å². The molecule has 0 radical (unpaired) electrons. The number of nitrogens with zero attached hydrogens (tertiary/aromatic N) is 1. The fraction of sp³-hybridized carbons (Fsp3) is 0.705. The topological polar surface area (TPSA) is 205 Å². The SMILES string of the molecule is CC(/C=C/[C@H]1O[C@H](CC(=O)NC2CCC(PNC(=O)CCCCCN3C(=O)C=CC3=O)CC2)C[C@@]2(CO2)[C@@H]1O)=C\C[C@@H]1O[C@H](C)[C@H](NC(=O)/C=C\[C@H](C)OC(C)O)C[C@@H]1C. The largest absolute Gasteiger partial charge is 0.387 e. The van der Waals surface area contributed by atoms with Gasteiger partial charge in [0.1, 0.15) is 17.8 Å². The maximum Gasteiger partial charge on any atom is 0.253 e. The summed E-state index contributed by atoms with van der Waals surface area (Å²) in [5, 5.41) is 29.8. The first-order valence-electron chi connectivity index (χ1n) is 21.8. The van der Waals surface area contributed by atoms with Crippen molar-refractivity contribution in [2.45, 2.75) is 178 Å². The van der Waals surface area contributed by atoms with E-state index in [1.54, 1.807) is 13.0 Å². The normalized spacial score (nSPS) is 33.3. The lowest BCUT2D eigenvalue weighted by Crippen LogP contribution is -2.51. The second kappa shape index (κ2) is 22.7. The van der Waals surface area contributed by atoms with Crippen LogP contribution in [0, 0.1) is 5.92 Å². The van der Waals surface area contributed by atoms with Crippen LogP contribution in [0.5, 0.6) is 0 Å². The summed E-state index contributed by atoms with van der Waals surface area (Å²) in [5.74, 6) is -0.638. The molecule has 5 N–H and O–H groups in total. The molecule has 5 rings (SSSR count). The summed E-state index contributed by atoms with van der Waals surface area (Å²) in [5.41, 5.74) is 0.682. The molecule has 1 saturated carbocycles. The van der Waals surface area contributed by atoms with Crippen molar-refractivity contribution < 1.29 is 53.1 Å². The fourth-order valence-corrected chi connectivity index (χ4v) is 9.56. The van der Waals surface area contributed by atoms with Crippen LogP contribution in [0.2, 0.25) is 0 Å². The van der Waals surface area contributed by atoms with Crippen LogP contribution >= 0.6 is 8.73 Å². The molecule has 1 spiro atoms. The smallest absolute Gasteiger partial charge is 0.253 e. The van der Waals surface area contributed by atoms with E-state index >= 15 is 0 Å². The van der Waals surface area contributed by atoms with Gasteiger partial charge in [0.05, 0.1) is 43.5 Å². The van der Waals surface area contributed by atoms with Crippen LogP contribution in [0.15, 0.2) is 48.1 Å². The molecule has 5 amide bonds. The molecule has 4 aliphatic heterocycles. The molecular weight excluding hydrogens is 791 g/mol. The molecule has 0 aromatic heterocycles. The summed E-state index contributed by atoms with van der Waals surface area (Å²) in [6.45, 7) is 10.2. The second-order valence-electron chi connectivity index (χ2n) is 17.3. The predicted octanol–water partition coefficient (Wildman–Crippen LogP) is 3.78. The Balaban J connectivity index is 0.976. The molecule has 2 unspecified atom stereocenters. The molecule has 60 heavy (non-hydrogen) atoms. The number of nitrogens with one attached hydrogen (secondary N) is 3. The van der Waals surface area contributed by atoms with Crippen molar-refractivity contribution in [3.05, 3.63) is 48.1 Å². The number of imide groups is 1. The van der Waals surface area contributed by atoms with Crippen LogP contribution in [0.3, 0.4) is 0 Å². The number of aliphatic hydroxyl groups excluding tert-OH is 2. The van der Waals surface area contributed by atoms with E-state index in [0.717, 1.165) is 44.1 Å². The zero-order valence-corrected chi connectivity index (χ0v) is 36.8. The van der Waals surface area contributed by atoms with Crippen LogP contribution in [-0.4, -0.2) is 124 Å². The molecule has 4 heterocycles. The van der Waals surface area contributed by atoms with Gasteiger partial charge in [0.25, 0.3) is 11.8 Å². The zero-order valence-electron chi connectivity index (χ0n) is 35.8. The number of unbranched alkanes of at least 4 members (excludes halogenated alkanes) is 2. The highest BCUT2D eigenvalue weighted by Crippen LogP contribution is 2.43. The van der Waals surface area contributed by atoms with Gasteiger partial charge in [0.2, 0.25) is 17.7 Å². The fourth-order valence-electron chi connectivity index (χ4n) is 8.45. The average Bonchev–Trinajstić information content (AvgIpc) is 3.90. The summed E-state index contributed by atoms with van der Waals surface area (Å²) in [6, 6.07) is -0.0627. The first kappa shape index (κ1) is 47.7. The van der Waals surface area contributed by atoms with Gasteiger partial charge in [-0.05, 0) is 99.4 Å². The Labute approximate surface area is 356 Å². The quantitative estimate of drug-likeness (QED) is 0.0227. The first-order chi connectivity index (χ1) is 28.6. The summed E-state index contributed by atoms with van der Waals surface area (Å²) in [6.07, 6.45) is 16.3. The predicted molar refractivity (Wildman–Crippen MR) is 226 cm³/mol. The zero-order chi connectivity index (χ0) is 43.4. The molecule has 0 bridgehead atoms. The Hall–Kier alpha value is -3.30. The van der Waals surface area contributed by atoms with E-state index in [9.17, 15) is 34.2 Å². The maximum absolute atomic E-state index is 13.2. The molecule has 15 nitrogen and oxygen atoms in total. The molecule has 3 saturated heterocycles. The van der Waals surface area contributed by atoms with Crippen molar-refractivity contribution >= 4 is 38.3 Å². The maximum atomic E-state index is 13.2. The lowest BCUT2D eigenvalue weighted by molar-refractivity contribution is -0.145. The minimum atomic E-state index is -0.913. The van der Waals surface area contributed by atoms with Gasteiger partial charge < -0.3 is 44.9 Å². The molecule has 5 aliphatic rings. The number of epoxide rings is 1. The highest BCUT2D eigenvalue weighted by molar-refractivity contribution is 7.37. The third kappa shape index (κ3) is 14.7. The lowest BCUT2D eigenvalue weighted by Gasteiger charge is -2.39. The summed E-state index contributed by atoms with van der Waals surface area (Å²) in [7, 11) is 0.333. The molecular formula is C44H67N4O11P. The standard InChI is InChI=1S/C44H67N4O11P/c1-27(10-17-36-28(2)23-35(30(4)58-36)46-38(50)19-12-29(3)57-31(5)49)11-18-37-43(55)44(26-56-44)25-33(59-37)24-40(52)45-32-13-15-34(16-14-32)60-47-39(51)9-7-6-8-22-48-41(53)20-21-42(48)54/h10-12,18-21,28-37,43,49,55,60H,6-9,13-17,22-26H2,1-5H3,(H,45,52)(H,46,50)(H,47,51)/b18-11+,19-12-,27-10+/t28-,29-,30+,31?,32?,33+,34?,35+,36-,37+,43+,44+/m0/s1. The first-order valence-corrected chi connectivity index (χ1v) is 22.9. The summed E-state index contributed by atoms with van der Waals surface area (Å²) < 4.78 is 23.6. The summed E-state index contributed by atoms with van der Waals surface area (Å²) >= 11 is 0. The van der Waals surface area contributed by atoms with Gasteiger partial charge in [-0.15, -0.1) is 0 Å². The second-order valence-corrected chi connectivity index (χ2v) is 18.6. The van der Waals surface area contributed by atoms with Crippen LogP contribution in [0.25, 0.3) is 0 Å². The number of carbonyl (C=O) groups is 5. The van der Waals surface area contributed by atoms with Crippen LogP contribution in [0.4, 0.5) is 0 Å². The van der Waals surface area contributed by atoms with Gasteiger partial charge in [-0.25, -0.2) is 0 Å². The van der Waals surface area contributed by atoms with E-state index in [0.29, 0.717) is 59.6 Å². The van der Waals surface area contributed by atoms with E-state index in [2.05, 4.69) is 28.7 Å². The number of ether oxygens (including phenoxy) is 4. The van der Waals surface area contributed by atoms with E-state index in [-0.39, 0.29) is 66.2 Å². The highest BCUT2D eigenvalue weighted by atomic mass is 31.1. The van der Waals surface area contributed by atoms with Crippen molar-refractivity contribution in [1.82, 2.24) is 20.6 Å². The molecule has 0 aromatic rings. The van der Waals surface area contributed by atoms with E-state index in [4.69, 9.17) is 18.9 Å². The third-order valence-corrected chi connectivity index (χ3v) is 13.5. The van der Waals surface area contributed by atoms with Crippen LogP contribution in [0.1, 0.15) is 112 Å². The number of hydrogen-bond donors (Lipinski definition) is 5. The van der Waals surface area contributed by atoms with Crippen molar-refractivity contribution in [1.29, 1.82) is 0 Å². The Morgan fingerprint density at radius 2 is 1.73 bits per heavy atom. The molecule has 0 aromatic carbocycles. The number of amides is 5. The van der Waals surface area contributed by atoms with E-state index in [1.807, 2.05) is 26.0 Å². The van der Waals surface area contributed by atoms with Crippen molar-refractivity contribution in [2.75, 3.05) is 13.2 Å². The number of rotatable bonds is 20. The van der Waals surface area contributed by atoms with Gasteiger partial charge >= 0.3 is 0 Å². The number of aliphatic hydroxyl groups is 2. The molecule has 334 valence electrons. The van der Waals surface area contributed by atoms with Crippen molar-refractivity contribution in [2.24, 2.45) is 5.92 Å². The molecule has 4 fully saturated rings. The molecule has 11 atom stereocenters. The van der Waals surface area contributed by atoms with Gasteiger partial charge in [-0.3, -0.25) is 28.9 Å². The Morgan fingerprint density at radius 3 is 2.42 bits per heavy atom. The number of carbonyl (C=O) groups excluding carboxylic acids is 5. The molecule has 16 heteroatoms. The van der Waals surface area contributed by atoms with Gasteiger partial charge in [-0.2, -0.15) is 0 Å². The third-order valence-electron chi connectivity index (χ3n) is 12.1. The van der Waals surface area contributed by atoms with Gasteiger partial charge in [0, 0.05) is 43.7 Å². The van der Waals surface area contributed by atoms with E-state index < -0.39 is 36.3 Å². The monoisotopic (exact) mass is 858 g/mol. The highest BCUT2D eigenvalue weighted by Gasteiger charge is 2.58. The summed E-state index contributed by atoms with van der Waals surface area (Å²) in [4.78, 5) is 62.6. The minimum absolute atomic E-state index is 0.0205. The number of hydrogen-bond acceptors (Lipinski definition) is 11. The van der Waals surface area contributed by atoms with Crippen LogP contribution < -0.4 is 15.7 Å². The van der Waals surface area contributed by atoms with Crippen molar-refractivity contribution in [3.63, 3.8) is 0 Å². The van der Waals surface area contributed by atoms with Crippen molar-refractivity contribution in [3.8, 4) is 0 Å². The Morgan fingerprint density at radius 1 is 1.02 bits per heavy atom. The van der Waals surface area contributed by atoms with Crippen LogP contribution in [-0.2, 0) is 42.9 Å². The Bertz CT molecular complexity index is 1600. The van der Waals surface area contributed by atoms with Gasteiger partial charge in [0.15, 0.2) is 6.29 Å². The number of allylic oxidation sites excluding steroid dienone is 2. The molecule has 1 aliphatic carbocycles. The minimum Gasteiger partial charge on any atom is -0.387 e. The average molecular weight is 859 g/mol. The van der Waals surface area contributed by atoms with Gasteiger partial charge in [-0.1, -0.05) is 43.2 Å².